The van der Waals surface area contributed by atoms with Gasteiger partial charge in [-0.1, -0.05) is 13.8 Å². The molecular formula is C11H22N2O4S. The second-order valence-corrected chi connectivity index (χ2v) is 7.09. The zero-order valence-electron chi connectivity index (χ0n) is 10.8. The number of rotatable bonds is 5. The van der Waals surface area contributed by atoms with E-state index < -0.39 is 21.4 Å². The average molecular weight is 278 g/mol. The molecule has 1 saturated carbocycles. The van der Waals surface area contributed by atoms with Crippen molar-refractivity contribution in [2.75, 3.05) is 0 Å². The van der Waals surface area contributed by atoms with Crippen LogP contribution in [-0.2, 0) is 14.9 Å². The van der Waals surface area contributed by atoms with E-state index in [1.54, 1.807) is 0 Å². The van der Waals surface area contributed by atoms with Crippen molar-refractivity contribution in [3.8, 4) is 0 Å². The standard InChI is InChI=1S/C11H22N2O4S/c1-7(2)5-10(12)11(14)13-8-3-4-9(6-8)18(15,16)17/h7-10H,3-6,12H2,1-2H3,(H,13,14)(H,15,16,17). The van der Waals surface area contributed by atoms with Gasteiger partial charge in [0.25, 0.3) is 10.1 Å². The van der Waals surface area contributed by atoms with Gasteiger partial charge in [0.05, 0.1) is 11.3 Å². The summed E-state index contributed by atoms with van der Waals surface area (Å²) in [6, 6.07) is -0.766. The number of carbonyl (C=O) groups excluding carboxylic acids is 1. The Hall–Kier alpha value is -0.660. The van der Waals surface area contributed by atoms with Crippen LogP contribution in [0.25, 0.3) is 0 Å². The van der Waals surface area contributed by atoms with E-state index in [0.717, 1.165) is 0 Å². The lowest BCUT2D eigenvalue weighted by molar-refractivity contribution is -0.123. The molecule has 1 fully saturated rings. The van der Waals surface area contributed by atoms with E-state index >= 15 is 0 Å². The van der Waals surface area contributed by atoms with Crippen molar-refractivity contribution in [2.45, 2.75) is 56.9 Å². The SMILES string of the molecule is CC(C)CC(N)C(=O)NC1CCC(S(=O)(=O)O)C1. The van der Waals surface area contributed by atoms with Crippen molar-refractivity contribution in [2.24, 2.45) is 11.7 Å². The highest BCUT2D eigenvalue weighted by Gasteiger charge is 2.34. The average Bonchev–Trinajstić information content (AvgIpc) is 2.64. The lowest BCUT2D eigenvalue weighted by Gasteiger charge is -2.18. The lowest BCUT2D eigenvalue weighted by atomic mass is 10.0. The monoisotopic (exact) mass is 278 g/mol. The zero-order valence-corrected chi connectivity index (χ0v) is 11.6. The Morgan fingerprint density at radius 3 is 2.50 bits per heavy atom. The molecule has 0 saturated heterocycles. The molecule has 106 valence electrons. The minimum atomic E-state index is -3.99. The molecule has 3 atom stereocenters. The van der Waals surface area contributed by atoms with Gasteiger partial charge in [-0.2, -0.15) is 8.42 Å². The van der Waals surface area contributed by atoms with E-state index in [4.69, 9.17) is 10.3 Å². The van der Waals surface area contributed by atoms with Crippen molar-refractivity contribution >= 4 is 16.0 Å². The summed E-state index contributed by atoms with van der Waals surface area (Å²) >= 11 is 0. The molecule has 0 aromatic heterocycles. The molecule has 0 heterocycles. The van der Waals surface area contributed by atoms with Gasteiger partial charge in [0.2, 0.25) is 5.91 Å². The molecule has 0 aromatic rings. The van der Waals surface area contributed by atoms with Crippen molar-refractivity contribution in [1.29, 1.82) is 0 Å². The molecule has 0 aliphatic heterocycles. The molecule has 1 amide bonds. The summed E-state index contributed by atoms with van der Waals surface area (Å²) in [5.74, 6) is 0.0876. The molecule has 0 aromatic carbocycles. The van der Waals surface area contributed by atoms with Gasteiger partial charge in [-0.15, -0.1) is 0 Å². The molecule has 0 bridgehead atoms. The topological polar surface area (TPSA) is 109 Å². The van der Waals surface area contributed by atoms with Crippen LogP contribution in [0.15, 0.2) is 0 Å². The van der Waals surface area contributed by atoms with Gasteiger partial charge < -0.3 is 11.1 Å². The number of hydrogen-bond donors (Lipinski definition) is 3. The molecule has 7 heteroatoms. The highest BCUT2D eigenvalue weighted by Crippen LogP contribution is 2.24. The molecule has 18 heavy (non-hydrogen) atoms. The van der Waals surface area contributed by atoms with E-state index in [1.807, 2.05) is 13.8 Å². The minimum absolute atomic E-state index is 0.206. The Bertz CT molecular complexity index is 394. The Kier molecular flexibility index (Phi) is 5.12. The van der Waals surface area contributed by atoms with Gasteiger partial charge in [0, 0.05) is 6.04 Å². The van der Waals surface area contributed by atoms with Gasteiger partial charge >= 0.3 is 0 Å². The molecule has 1 rings (SSSR count). The van der Waals surface area contributed by atoms with Crippen molar-refractivity contribution in [3.05, 3.63) is 0 Å². The highest BCUT2D eigenvalue weighted by atomic mass is 32.2. The number of amides is 1. The first-order valence-corrected chi connectivity index (χ1v) is 7.72. The summed E-state index contributed by atoms with van der Waals surface area (Å²) in [6.45, 7) is 3.97. The minimum Gasteiger partial charge on any atom is -0.352 e. The molecule has 0 radical (unpaired) electrons. The number of nitrogens with one attached hydrogen (secondary N) is 1. The van der Waals surface area contributed by atoms with Gasteiger partial charge in [-0.05, 0) is 31.6 Å². The normalized spacial score (nSPS) is 26.3. The maximum absolute atomic E-state index is 11.7. The predicted molar refractivity (Wildman–Crippen MR) is 68.5 cm³/mol. The van der Waals surface area contributed by atoms with E-state index in [1.165, 1.54) is 0 Å². The van der Waals surface area contributed by atoms with Crippen LogP contribution in [0, 0.1) is 5.92 Å². The van der Waals surface area contributed by atoms with Crippen molar-refractivity contribution in [1.82, 2.24) is 5.32 Å². The van der Waals surface area contributed by atoms with Crippen LogP contribution in [0.1, 0.15) is 39.5 Å². The van der Waals surface area contributed by atoms with Crippen LogP contribution in [-0.4, -0.2) is 36.2 Å². The van der Waals surface area contributed by atoms with E-state index in [2.05, 4.69) is 5.32 Å². The highest BCUT2D eigenvalue weighted by molar-refractivity contribution is 7.86. The smallest absolute Gasteiger partial charge is 0.267 e. The zero-order chi connectivity index (χ0) is 13.9. The fourth-order valence-corrected chi connectivity index (χ4v) is 3.17. The maximum atomic E-state index is 11.7. The fourth-order valence-electron chi connectivity index (χ4n) is 2.26. The van der Waals surface area contributed by atoms with Crippen LogP contribution in [0.3, 0.4) is 0 Å². The van der Waals surface area contributed by atoms with Crippen LogP contribution >= 0.6 is 0 Å². The molecule has 6 nitrogen and oxygen atoms in total. The Balaban J connectivity index is 2.43. The summed E-state index contributed by atoms with van der Waals surface area (Å²) in [6.07, 6.45) is 1.80. The number of carbonyl (C=O) groups is 1. The Morgan fingerprint density at radius 1 is 1.44 bits per heavy atom. The molecule has 1 aliphatic carbocycles. The third-order valence-corrected chi connectivity index (χ3v) is 4.48. The van der Waals surface area contributed by atoms with E-state index in [0.29, 0.717) is 25.2 Å². The number of nitrogens with two attached hydrogens (primary N) is 1. The van der Waals surface area contributed by atoms with Crippen LogP contribution < -0.4 is 11.1 Å². The van der Waals surface area contributed by atoms with Gasteiger partial charge in [0.1, 0.15) is 0 Å². The van der Waals surface area contributed by atoms with E-state index in [9.17, 15) is 13.2 Å². The maximum Gasteiger partial charge on any atom is 0.267 e. The third kappa shape index (κ3) is 4.55. The van der Waals surface area contributed by atoms with Crippen LogP contribution in [0.2, 0.25) is 0 Å². The number of hydrogen-bond acceptors (Lipinski definition) is 4. The fraction of sp³-hybridized carbons (Fsp3) is 0.909. The molecule has 3 unspecified atom stereocenters. The van der Waals surface area contributed by atoms with Gasteiger partial charge in [-0.25, -0.2) is 0 Å². The van der Waals surface area contributed by atoms with Gasteiger partial charge in [0.15, 0.2) is 0 Å². The predicted octanol–water partition coefficient (Wildman–Crippen LogP) is 0.285. The van der Waals surface area contributed by atoms with Crippen molar-refractivity contribution in [3.63, 3.8) is 0 Å². The third-order valence-electron chi connectivity index (χ3n) is 3.21. The summed E-state index contributed by atoms with van der Waals surface area (Å²) in [5.41, 5.74) is 5.74. The second-order valence-electron chi connectivity index (χ2n) is 5.39. The van der Waals surface area contributed by atoms with Crippen LogP contribution in [0.4, 0.5) is 0 Å². The first kappa shape index (κ1) is 15.4. The van der Waals surface area contributed by atoms with Gasteiger partial charge in [-0.3, -0.25) is 9.35 Å². The van der Waals surface area contributed by atoms with Crippen LogP contribution in [0.5, 0.6) is 0 Å². The summed E-state index contributed by atoms with van der Waals surface area (Å²) in [4.78, 5) is 11.7. The van der Waals surface area contributed by atoms with Crippen molar-refractivity contribution < 1.29 is 17.8 Å². The Morgan fingerprint density at radius 2 is 2.06 bits per heavy atom. The summed E-state index contributed by atoms with van der Waals surface area (Å²) in [5, 5.41) is 1.99. The molecule has 4 N–H and O–H groups in total. The second kappa shape index (κ2) is 5.99. The molecule has 0 spiro atoms. The molecule has 1 aliphatic rings. The lowest BCUT2D eigenvalue weighted by Crippen LogP contribution is -2.45. The quantitative estimate of drug-likeness (QED) is 0.626. The summed E-state index contributed by atoms with van der Waals surface area (Å²) in [7, 11) is -3.99. The summed E-state index contributed by atoms with van der Waals surface area (Å²) < 4.78 is 30.9. The first-order chi connectivity index (χ1) is 8.20. The molecular weight excluding hydrogens is 256 g/mol. The van der Waals surface area contributed by atoms with E-state index in [-0.39, 0.29) is 18.4 Å². The largest absolute Gasteiger partial charge is 0.352 e. The Labute approximate surface area is 108 Å². The first-order valence-electron chi connectivity index (χ1n) is 6.22.